The summed E-state index contributed by atoms with van der Waals surface area (Å²) in [6.45, 7) is 4.53. The van der Waals surface area contributed by atoms with Gasteiger partial charge in [0.1, 0.15) is 11.4 Å². The molecular formula is C22H29F3N6O3. The van der Waals surface area contributed by atoms with Crippen LogP contribution in [0.25, 0.3) is 0 Å². The number of aromatic nitrogens is 2. The summed E-state index contributed by atoms with van der Waals surface area (Å²) in [5.74, 6) is -0.455. The molecule has 1 amide bonds. The Hall–Kier alpha value is -2.96. The highest BCUT2D eigenvalue weighted by molar-refractivity contribution is 5.77. The van der Waals surface area contributed by atoms with Crippen molar-refractivity contribution in [1.82, 2.24) is 20.3 Å². The molecule has 34 heavy (non-hydrogen) atoms. The average molecular weight is 483 g/mol. The highest BCUT2D eigenvalue weighted by Crippen LogP contribution is 2.34. The third-order valence-corrected chi connectivity index (χ3v) is 5.26. The Morgan fingerprint density at radius 2 is 1.97 bits per heavy atom. The topological polar surface area (TPSA) is 123 Å². The van der Waals surface area contributed by atoms with Crippen molar-refractivity contribution in [2.45, 2.75) is 51.4 Å². The molecule has 1 aliphatic heterocycles. The van der Waals surface area contributed by atoms with E-state index in [9.17, 15) is 23.1 Å². The largest absolute Gasteiger partial charge is 0.421 e. The van der Waals surface area contributed by atoms with Gasteiger partial charge in [0.05, 0.1) is 12.0 Å². The van der Waals surface area contributed by atoms with E-state index in [1.54, 1.807) is 24.8 Å². The molecule has 0 fully saturated rings. The lowest BCUT2D eigenvalue weighted by Crippen LogP contribution is -2.39. The van der Waals surface area contributed by atoms with Crippen LogP contribution in [0.1, 0.15) is 43.4 Å². The molecule has 9 nitrogen and oxygen atoms in total. The van der Waals surface area contributed by atoms with Gasteiger partial charge in [0.15, 0.2) is 0 Å². The van der Waals surface area contributed by atoms with Gasteiger partial charge in [-0.15, -0.1) is 0 Å². The Kier molecular flexibility index (Phi) is 7.95. The van der Waals surface area contributed by atoms with Crippen LogP contribution in [-0.4, -0.2) is 56.3 Å². The highest BCUT2D eigenvalue weighted by atomic mass is 19.4. The molecule has 0 bridgehead atoms. The molecule has 1 aromatic carbocycles. The first-order valence-electron chi connectivity index (χ1n) is 10.9. The molecule has 1 aliphatic rings. The van der Waals surface area contributed by atoms with Crippen LogP contribution in [0.4, 0.5) is 30.6 Å². The van der Waals surface area contributed by atoms with Gasteiger partial charge in [0.25, 0.3) is 0 Å². The van der Waals surface area contributed by atoms with Crippen LogP contribution in [0, 0.1) is 0 Å². The zero-order valence-corrected chi connectivity index (χ0v) is 19.0. The van der Waals surface area contributed by atoms with Gasteiger partial charge in [-0.1, -0.05) is 6.07 Å². The lowest BCUT2D eigenvalue weighted by molar-refractivity contribution is -0.137. The maximum atomic E-state index is 13.3. The van der Waals surface area contributed by atoms with Gasteiger partial charge in [-0.25, -0.2) is 10.5 Å². The number of hydrogen-bond donors (Lipinski definition) is 5. The van der Waals surface area contributed by atoms with Crippen LogP contribution in [-0.2, 0) is 23.9 Å². The van der Waals surface area contributed by atoms with E-state index < -0.39 is 17.3 Å². The minimum atomic E-state index is -4.61. The van der Waals surface area contributed by atoms with E-state index in [0.29, 0.717) is 31.6 Å². The van der Waals surface area contributed by atoms with Crippen LogP contribution in [0.5, 0.6) is 0 Å². The summed E-state index contributed by atoms with van der Waals surface area (Å²) in [6, 6.07) is 5.48. The van der Waals surface area contributed by atoms with Crippen LogP contribution in [0.15, 0.2) is 24.4 Å². The number of rotatable bonds is 9. The molecule has 2 heterocycles. The molecule has 186 valence electrons. The summed E-state index contributed by atoms with van der Waals surface area (Å²) >= 11 is 0. The van der Waals surface area contributed by atoms with E-state index in [0.717, 1.165) is 17.3 Å². The van der Waals surface area contributed by atoms with Crippen molar-refractivity contribution in [2.24, 2.45) is 0 Å². The predicted octanol–water partition coefficient (Wildman–Crippen LogP) is 3.07. The van der Waals surface area contributed by atoms with E-state index in [1.807, 2.05) is 17.6 Å². The molecule has 12 heteroatoms. The molecule has 0 atom stereocenters. The molecule has 3 rings (SSSR count). The van der Waals surface area contributed by atoms with Crippen LogP contribution in [0.3, 0.4) is 0 Å². The molecule has 0 aliphatic carbocycles. The third kappa shape index (κ3) is 7.02. The third-order valence-electron chi connectivity index (χ3n) is 5.26. The van der Waals surface area contributed by atoms with Gasteiger partial charge in [-0.3, -0.25) is 4.79 Å². The number of carbonyl (C=O) groups excluding carboxylic acids is 1. The summed E-state index contributed by atoms with van der Waals surface area (Å²) < 4.78 is 39.9. The zero-order valence-electron chi connectivity index (χ0n) is 19.0. The van der Waals surface area contributed by atoms with Gasteiger partial charge in [-0.2, -0.15) is 18.2 Å². The normalized spacial score (nSPS) is 14.0. The fraction of sp³-hybridized carbons (Fsp3) is 0.500. The number of nitrogens with zero attached hydrogens (tertiary/aromatic N) is 3. The monoisotopic (exact) mass is 482 g/mol. The van der Waals surface area contributed by atoms with E-state index >= 15 is 0 Å². The van der Waals surface area contributed by atoms with E-state index in [4.69, 9.17) is 5.21 Å². The Balaban J connectivity index is 1.72. The van der Waals surface area contributed by atoms with Gasteiger partial charge >= 0.3 is 6.18 Å². The fourth-order valence-electron chi connectivity index (χ4n) is 3.61. The number of halogens is 3. The zero-order chi connectivity index (χ0) is 24.9. The number of nitrogens with one attached hydrogen (secondary N) is 3. The van der Waals surface area contributed by atoms with Gasteiger partial charge < -0.3 is 25.8 Å². The van der Waals surface area contributed by atoms with Crippen molar-refractivity contribution in [3.63, 3.8) is 0 Å². The van der Waals surface area contributed by atoms with Gasteiger partial charge in [-0.05, 0) is 49.9 Å². The molecule has 1 aromatic heterocycles. The predicted molar refractivity (Wildman–Crippen MR) is 120 cm³/mol. The summed E-state index contributed by atoms with van der Waals surface area (Å²) in [4.78, 5) is 21.9. The number of fused-ring (bicyclic) bond motifs is 1. The van der Waals surface area contributed by atoms with Crippen LogP contribution >= 0.6 is 0 Å². The van der Waals surface area contributed by atoms with Crippen molar-refractivity contribution in [3.8, 4) is 0 Å². The summed E-state index contributed by atoms with van der Waals surface area (Å²) in [7, 11) is 0. The lowest BCUT2D eigenvalue weighted by Gasteiger charge is -2.31. The molecule has 0 saturated carbocycles. The van der Waals surface area contributed by atoms with E-state index in [2.05, 4.69) is 20.6 Å². The second-order valence-electron chi connectivity index (χ2n) is 8.81. The van der Waals surface area contributed by atoms with Crippen molar-refractivity contribution >= 4 is 23.4 Å². The Morgan fingerprint density at radius 1 is 1.21 bits per heavy atom. The second kappa shape index (κ2) is 10.5. The SMILES string of the molecule is CC(C)(O)CC(=O)N1CCc2cc(Nc3ncc(C(F)(F)F)c(NCCCNO)n3)ccc2C1. The average Bonchev–Trinajstić information content (AvgIpc) is 2.74. The number of anilines is 3. The number of hydrogen-bond acceptors (Lipinski definition) is 8. The van der Waals surface area contributed by atoms with Crippen LogP contribution < -0.4 is 16.1 Å². The van der Waals surface area contributed by atoms with Crippen molar-refractivity contribution in [2.75, 3.05) is 30.3 Å². The molecule has 0 unspecified atom stereocenters. The maximum absolute atomic E-state index is 13.3. The van der Waals surface area contributed by atoms with Gasteiger partial charge in [0.2, 0.25) is 11.9 Å². The Bertz CT molecular complexity index is 1010. The first kappa shape index (κ1) is 25.7. The Labute approximate surface area is 195 Å². The number of hydroxylamine groups is 1. The fourth-order valence-corrected chi connectivity index (χ4v) is 3.61. The molecule has 0 spiro atoms. The quantitative estimate of drug-likeness (QED) is 0.273. The van der Waals surface area contributed by atoms with E-state index in [1.165, 1.54) is 0 Å². The number of amides is 1. The lowest BCUT2D eigenvalue weighted by atomic mass is 9.97. The molecular weight excluding hydrogens is 453 g/mol. The maximum Gasteiger partial charge on any atom is 0.421 e. The number of carbonyl (C=O) groups is 1. The minimum absolute atomic E-state index is 0.00789. The summed E-state index contributed by atoms with van der Waals surface area (Å²) in [6.07, 6.45) is -2.84. The van der Waals surface area contributed by atoms with Crippen molar-refractivity contribution in [3.05, 3.63) is 41.1 Å². The Morgan fingerprint density at radius 3 is 2.65 bits per heavy atom. The smallest absolute Gasteiger partial charge is 0.390 e. The molecule has 0 radical (unpaired) electrons. The number of aliphatic hydroxyl groups is 1. The molecule has 5 N–H and O–H groups in total. The minimum Gasteiger partial charge on any atom is -0.390 e. The second-order valence-corrected chi connectivity index (χ2v) is 8.81. The number of alkyl halides is 3. The first-order chi connectivity index (χ1) is 16.0. The standard InChI is InChI=1S/C22H29F3N6O3/c1-21(2,33)11-18(32)31-9-6-14-10-16(5-4-15(14)13-31)29-20-27-12-17(22(23,24)25)19(30-20)26-7-3-8-28-34/h4-5,10,12,28,33-34H,3,6-9,11,13H2,1-2H3,(H2,26,27,29,30). The molecule has 0 saturated heterocycles. The van der Waals surface area contributed by atoms with Gasteiger partial charge in [0, 0.05) is 38.1 Å². The van der Waals surface area contributed by atoms with E-state index in [-0.39, 0.29) is 37.2 Å². The molecule has 2 aromatic rings. The highest BCUT2D eigenvalue weighted by Gasteiger charge is 2.35. The van der Waals surface area contributed by atoms with Crippen molar-refractivity contribution in [1.29, 1.82) is 0 Å². The first-order valence-corrected chi connectivity index (χ1v) is 10.9. The van der Waals surface area contributed by atoms with Crippen LogP contribution in [0.2, 0.25) is 0 Å². The summed E-state index contributed by atoms with van der Waals surface area (Å²) in [5, 5.41) is 24.1. The van der Waals surface area contributed by atoms with Crippen molar-refractivity contribution < 1.29 is 28.3 Å². The summed E-state index contributed by atoms with van der Waals surface area (Å²) in [5.41, 5.74) is 2.49. The number of benzene rings is 1.